The van der Waals surface area contributed by atoms with Gasteiger partial charge in [0.1, 0.15) is 5.69 Å². The van der Waals surface area contributed by atoms with Crippen LogP contribution in [0.15, 0.2) is 40.9 Å². The highest BCUT2D eigenvalue weighted by molar-refractivity contribution is 5.97. The number of ether oxygens (including phenoxy) is 1. The molecular formula is C21H22N2O4. The molecule has 0 fully saturated rings. The van der Waals surface area contributed by atoms with Crippen LogP contribution in [0.2, 0.25) is 0 Å². The molecule has 0 aliphatic carbocycles. The third kappa shape index (κ3) is 4.34. The maximum absolute atomic E-state index is 12.4. The van der Waals surface area contributed by atoms with Gasteiger partial charge in [-0.15, -0.1) is 0 Å². The molecule has 27 heavy (non-hydrogen) atoms. The monoisotopic (exact) mass is 366 g/mol. The Hall–Kier alpha value is -3.15. The fraction of sp³-hybridized carbons (Fsp3) is 0.286. The second kappa shape index (κ2) is 8.03. The molecule has 0 atom stereocenters. The molecule has 3 aromatic rings. The minimum atomic E-state index is -0.401. The number of rotatable bonds is 6. The Balaban J connectivity index is 1.72. The number of carbonyl (C=O) groups excluding carboxylic acids is 2. The molecule has 0 saturated heterocycles. The average molecular weight is 366 g/mol. The molecule has 0 spiro atoms. The third-order valence-electron chi connectivity index (χ3n) is 4.12. The van der Waals surface area contributed by atoms with Crippen molar-refractivity contribution in [2.75, 3.05) is 11.9 Å². The van der Waals surface area contributed by atoms with E-state index in [-0.39, 0.29) is 12.3 Å². The summed E-state index contributed by atoms with van der Waals surface area (Å²) < 4.78 is 10.5. The zero-order valence-electron chi connectivity index (χ0n) is 15.7. The number of nitrogens with zero attached hydrogens (tertiary/aromatic N) is 1. The quantitative estimate of drug-likeness (QED) is 0.662. The summed E-state index contributed by atoms with van der Waals surface area (Å²) in [5.41, 5.74) is 4.30. The Morgan fingerprint density at radius 2 is 2.00 bits per heavy atom. The number of fused-ring (bicyclic) bond motifs is 1. The first-order chi connectivity index (χ1) is 13.0. The Kier molecular flexibility index (Phi) is 5.54. The van der Waals surface area contributed by atoms with E-state index >= 15 is 0 Å². The lowest BCUT2D eigenvalue weighted by molar-refractivity contribution is -0.115. The number of nitrogens with one attached hydrogen (secondary N) is 1. The Labute approximate surface area is 157 Å². The second-order valence-corrected chi connectivity index (χ2v) is 6.53. The number of anilines is 1. The van der Waals surface area contributed by atoms with Crippen LogP contribution >= 0.6 is 0 Å². The van der Waals surface area contributed by atoms with Crippen LogP contribution in [0.1, 0.15) is 40.5 Å². The van der Waals surface area contributed by atoms with Gasteiger partial charge >= 0.3 is 5.97 Å². The number of hydrogen-bond donors (Lipinski definition) is 1. The summed E-state index contributed by atoms with van der Waals surface area (Å²) in [4.78, 5) is 24.4. The normalized spacial score (nSPS) is 10.8. The van der Waals surface area contributed by atoms with Crippen molar-refractivity contribution >= 4 is 28.5 Å². The number of esters is 1. The number of hydrogen-bond acceptors (Lipinski definition) is 5. The molecule has 0 aliphatic rings. The van der Waals surface area contributed by atoms with Crippen molar-refractivity contribution < 1.29 is 18.8 Å². The van der Waals surface area contributed by atoms with Crippen LogP contribution in [0.3, 0.4) is 0 Å². The van der Waals surface area contributed by atoms with E-state index in [1.54, 1.807) is 24.3 Å². The molecule has 0 bridgehead atoms. The summed E-state index contributed by atoms with van der Waals surface area (Å²) >= 11 is 0. The first-order valence-electron chi connectivity index (χ1n) is 8.90. The van der Waals surface area contributed by atoms with E-state index in [1.165, 1.54) is 0 Å². The van der Waals surface area contributed by atoms with Gasteiger partial charge in [-0.2, -0.15) is 0 Å². The lowest BCUT2D eigenvalue weighted by atomic mass is 10.1. The molecule has 1 aromatic heterocycles. The highest BCUT2D eigenvalue weighted by Gasteiger charge is 2.15. The van der Waals surface area contributed by atoms with Crippen molar-refractivity contribution in [3.05, 3.63) is 58.8 Å². The van der Waals surface area contributed by atoms with Crippen molar-refractivity contribution in [1.82, 2.24) is 5.16 Å². The molecule has 0 unspecified atom stereocenters. The van der Waals surface area contributed by atoms with Crippen LogP contribution in [-0.4, -0.2) is 23.6 Å². The maximum atomic E-state index is 12.4. The third-order valence-corrected chi connectivity index (χ3v) is 4.12. The number of benzene rings is 2. The van der Waals surface area contributed by atoms with E-state index in [4.69, 9.17) is 9.26 Å². The van der Waals surface area contributed by atoms with Gasteiger partial charge in [-0.05, 0) is 55.7 Å². The summed E-state index contributed by atoms with van der Waals surface area (Å²) in [6.07, 6.45) is 0.840. The Morgan fingerprint density at radius 3 is 2.78 bits per heavy atom. The van der Waals surface area contributed by atoms with Gasteiger partial charge in [-0.3, -0.25) is 4.79 Å². The van der Waals surface area contributed by atoms with Gasteiger partial charge in [-0.1, -0.05) is 24.2 Å². The van der Waals surface area contributed by atoms with Crippen molar-refractivity contribution in [2.45, 2.75) is 33.6 Å². The molecule has 3 rings (SSSR count). The topological polar surface area (TPSA) is 81.4 Å². The van der Waals surface area contributed by atoms with Crippen LogP contribution in [0.4, 0.5) is 5.69 Å². The molecule has 0 radical (unpaired) electrons. The summed E-state index contributed by atoms with van der Waals surface area (Å²) in [6, 6.07) is 10.7. The molecule has 140 valence electrons. The summed E-state index contributed by atoms with van der Waals surface area (Å²) in [6.45, 7) is 6.24. The number of aryl methyl sites for hydroxylation is 2. The molecule has 1 heterocycles. The highest BCUT2D eigenvalue weighted by atomic mass is 16.5. The zero-order chi connectivity index (χ0) is 19.4. The zero-order valence-corrected chi connectivity index (χ0v) is 15.7. The lowest BCUT2D eigenvalue weighted by Crippen LogP contribution is -2.15. The largest absolute Gasteiger partial charge is 0.462 e. The average Bonchev–Trinajstić information content (AvgIpc) is 3.02. The van der Waals surface area contributed by atoms with Gasteiger partial charge < -0.3 is 14.6 Å². The van der Waals surface area contributed by atoms with E-state index in [9.17, 15) is 9.59 Å². The smallest absolute Gasteiger partial charge is 0.338 e. The van der Waals surface area contributed by atoms with Crippen LogP contribution in [0.25, 0.3) is 11.0 Å². The van der Waals surface area contributed by atoms with Crippen molar-refractivity contribution in [1.29, 1.82) is 0 Å². The van der Waals surface area contributed by atoms with Gasteiger partial charge in [0, 0.05) is 11.1 Å². The minimum absolute atomic E-state index is 0.0837. The van der Waals surface area contributed by atoms with E-state index < -0.39 is 5.97 Å². The molecule has 6 nitrogen and oxygen atoms in total. The predicted molar refractivity (Wildman–Crippen MR) is 103 cm³/mol. The van der Waals surface area contributed by atoms with E-state index in [2.05, 4.69) is 10.5 Å². The van der Waals surface area contributed by atoms with Gasteiger partial charge in [0.15, 0.2) is 5.58 Å². The highest BCUT2D eigenvalue weighted by Crippen LogP contribution is 2.24. The molecule has 0 saturated carbocycles. The van der Waals surface area contributed by atoms with Crippen molar-refractivity contribution in [3.63, 3.8) is 0 Å². The summed E-state index contributed by atoms with van der Waals surface area (Å²) in [5, 5.41) is 7.69. The first kappa shape index (κ1) is 18.6. The SMILES string of the molecule is CCCOC(=O)c1cccc(NC(=O)Cc2noc3c(C)cc(C)cc23)c1. The Morgan fingerprint density at radius 1 is 1.19 bits per heavy atom. The van der Waals surface area contributed by atoms with Gasteiger partial charge in [0.05, 0.1) is 18.6 Å². The second-order valence-electron chi connectivity index (χ2n) is 6.53. The molecule has 6 heteroatoms. The number of amides is 1. The van der Waals surface area contributed by atoms with E-state index in [0.29, 0.717) is 29.1 Å². The van der Waals surface area contributed by atoms with Crippen LogP contribution in [0, 0.1) is 13.8 Å². The first-order valence-corrected chi connectivity index (χ1v) is 8.90. The molecule has 2 aromatic carbocycles. The molecule has 1 amide bonds. The van der Waals surface area contributed by atoms with Gasteiger partial charge in [0.2, 0.25) is 5.91 Å². The fourth-order valence-electron chi connectivity index (χ4n) is 2.93. The van der Waals surface area contributed by atoms with Crippen LogP contribution in [-0.2, 0) is 16.0 Å². The number of aromatic nitrogens is 1. The standard InChI is InChI=1S/C21H22N2O4/c1-4-8-26-21(25)15-6-5-7-16(11-15)22-19(24)12-18-17-10-13(2)9-14(3)20(17)27-23-18/h5-7,9-11H,4,8,12H2,1-3H3,(H,22,24). The predicted octanol–water partition coefficient (Wildman–Crippen LogP) is 4.19. The molecule has 1 N–H and O–H groups in total. The van der Waals surface area contributed by atoms with Crippen LogP contribution in [0.5, 0.6) is 0 Å². The minimum Gasteiger partial charge on any atom is -0.462 e. The fourth-order valence-corrected chi connectivity index (χ4v) is 2.93. The summed E-state index contributed by atoms with van der Waals surface area (Å²) in [7, 11) is 0. The lowest BCUT2D eigenvalue weighted by Gasteiger charge is -2.07. The van der Waals surface area contributed by atoms with Gasteiger partial charge in [0.25, 0.3) is 0 Å². The molecule has 0 aliphatic heterocycles. The van der Waals surface area contributed by atoms with Gasteiger partial charge in [-0.25, -0.2) is 4.79 Å². The van der Waals surface area contributed by atoms with Crippen LogP contribution < -0.4 is 5.32 Å². The van der Waals surface area contributed by atoms with Crippen molar-refractivity contribution in [3.8, 4) is 0 Å². The van der Waals surface area contributed by atoms with E-state index in [1.807, 2.05) is 32.9 Å². The van der Waals surface area contributed by atoms with E-state index in [0.717, 1.165) is 22.9 Å². The molecular weight excluding hydrogens is 344 g/mol. The summed E-state index contributed by atoms with van der Waals surface area (Å²) in [5.74, 6) is -0.634. The maximum Gasteiger partial charge on any atom is 0.338 e. The Bertz CT molecular complexity index is 991. The number of carbonyl (C=O) groups is 2. The van der Waals surface area contributed by atoms with Crippen molar-refractivity contribution in [2.24, 2.45) is 0 Å².